The third kappa shape index (κ3) is 17.0. The molecule has 0 unspecified atom stereocenters. The maximum atomic E-state index is 13.0. The zero-order valence-corrected chi connectivity index (χ0v) is 34.8. The minimum absolute atomic E-state index is 0.187. The van der Waals surface area contributed by atoms with Gasteiger partial charge in [-0.2, -0.15) is 0 Å². The SMILES string of the molecule is C=C(C)/C=C(\C)C(=O)OC[C@H]1O[C@H](O[C@H]2O[C@H](COC(=O)c3cccc(OCCCCCCCCCCCCCCCCCC)c3)[C@@H](O)[C@H](O)[C@H]2O)[C@H](O)[C@@H](O)[C@@H]1O. The lowest BCUT2D eigenvalue weighted by atomic mass is 9.98. The average molecular weight is 823 g/mol. The molecule has 2 heterocycles. The second kappa shape index (κ2) is 27.0. The van der Waals surface area contributed by atoms with E-state index in [4.69, 9.17) is 28.4 Å². The lowest BCUT2D eigenvalue weighted by Crippen LogP contribution is -2.64. The minimum Gasteiger partial charge on any atom is -0.494 e. The van der Waals surface area contributed by atoms with Crippen molar-refractivity contribution in [3.63, 3.8) is 0 Å². The van der Waals surface area contributed by atoms with E-state index in [2.05, 4.69) is 13.5 Å². The van der Waals surface area contributed by atoms with Crippen LogP contribution in [0.1, 0.15) is 134 Å². The summed E-state index contributed by atoms with van der Waals surface area (Å²) in [6.45, 7) is 8.56. The normalized spacial score (nSPS) is 27.6. The molecular formula is C44H70O14. The molecule has 0 aromatic heterocycles. The summed E-state index contributed by atoms with van der Waals surface area (Å²) in [6.07, 6.45) is 4.96. The van der Waals surface area contributed by atoms with Crippen LogP contribution in [0.15, 0.2) is 48.1 Å². The number of carbonyl (C=O) groups excluding carboxylic acids is 2. The highest BCUT2D eigenvalue weighted by Gasteiger charge is 2.50. The average Bonchev–Trinajstić information content (AvgIpc) is 3.20. The first-order valence-corrected chi connectivity index (χ1v) is 21.3. The van der Waals surface area contributed by atoms with Crippen LogP contribution >= 0.6 is 0 Å². The Morgan fingerprint density at radius 3 is 1.60 bits per heavy atom. The zero-order chi connectivity index (χ0) is 42.5. The van der Waals surface area contributed by atoms with Gasteiger partial charge in [-0.15, -0.1) is 0 Å². The van der Waals surface area contributed by atoms with Crippen molar-refractivity contribution in [3.8, 4) is 5.75 Å². The van der Waals surface area contributed by atoms with Crippen molar-refractivity contribution >= 4 is 11.9 Å². The fraction of sp³-hybridized carbons (Fsp3) is 0.727. The highest BCUT2D eigenvalue weighted by Crippen LogP contribution is 2.29. The van der Waals surface area contributed by atoms with Crippen LogP contribution in [-0.2, 0) is 28.5 Å². The van der Waals surface area contributed by atoms with Crippen LogP contribution in [0.4, 0.5) is 0 Å². The topological polar surface area (TPSA) is 211 Å². The number of esters is 2. The molecule has 0 radical (unpaired) electrons. The smallest absolute Gasteiger partial charge is 0.338 e. The van der Waals surface area contributed by atoms with Gasteiger partial charge >= 0.3 is 11.9 Å². The van der Waals surface area contributed by atoms with Crippen molar-refractivity contribution in [3.05, 3.63) is 53.6 Å². The van der Waals surface area contributed by atoms with Crippen molar-refractivity contribution in [2.75, 3.05) is 19.8 Å². The van der Waals surface area contributed by atoms with Crippen LogP contribution in [0.25, 0.3) is 0 Å². The summed E-state index contributed by atoms with van der Waals surface area (Å²) in [5.74, 6) is -0.987. The molecule has 10 atom stereocenters. The van der Waals surface area contributed by atoms with Crippen LogP contribution in [0.5, 0.6) is 5.75 Å². The van der Waals surface area contributed by atoms with Crippen molar-refractivity contribution < 1.29 is 68.6 Å². The van der Waals surface area contributed by atoms with E-state index in [1.165, 1.54) is 96.5 Å². The Bertz CT molecular complexity index is 1390. The Morgan fingerprint density at radius 1 is 0.655 bits per heavy atom. The van der Waals surface area contributed by atoms with Crippen molar-refractivity contribution in [2.45, 2.75) is 185 Å². The second-order valence-corrected chi connectivity index (χ2v) is 15.7. The lowest BCUT2D eigenvalue weighted by Gasteiger charge is -2.44. The quantitative estimate of drug-likeness (QED) is 0.0292. The number of hydrogen-bond donors (Lipinski definition) is 6. The number of allylic oxidation sites excluding steroid dienone is 2. The van der Waals surface area contributed by atoms with E-state index in [-0.39, 0.29) is 11.1 Å². The van der Waals surface area contributed by atoms with Gasteiger partial charge in [0, 0.05) is 5.57 Å². The molecule has 2 aliphatic rings. The number of rotatable bonds is 27. The van der Waals surface area contributed by atoms with Crippen molar-refractivity contribution in [1.29, 1.82) is 0 Å². The molecule has 6 N–H and O–H groups in total. The molecule has 330 valence electrons. The first kappa shape index (κ1) is 49.4. The lowest BCUT2D eigenvalue weighted by molar-refractivity contribution is -0.376. The van der Waals surface area contributed by atoms with Gasteiger partial charge in [-0.05, 0) is 44.5 Å². The van der Waals surface area contributed by atoms with Crippen LogP contribution < -0.4 is 4.74 Å². The molecule has 1 aromatic rings. The Labute approximate surface area is 344 Å². The van der Waals surface area contributed by atoms with E-state index in [1.807, 2.05) is 0 Å². The Hall–Kier alpha value is -2.92. The van der Waals surface area contributed by atoms with Gasteiger partial charge in [-0.3, -0.25) is 0 Å². The summed E-state index contributed by atoms with van der Waals surface area (Å²) >= 11 is 0. The number of carbonyl (C=O) groups is 2. The summed E-state index contributed by atoms with van der Waals surface area (Å²) in [5.41, 5.74) is 1.02. The molecule has 3 rings (SSSR count). The van der Waals surface area contributed by atoms with E-state index in [1.54, 1.807) is 31.2 Å². The van der Waals surface area contributed by atoms with Crippen LogP contribution in [-0.4, -0.2) is 124 Å². The summed E-state index contributed by atoms with van der Waals surface area (Å²) in [6, 6.07) is 6.49. The molecule has 2 saturated heterocycles. The van der Waals surface area contributed by atoms with Crippen molar-refractivity contribution in [1.82, 2.24) is 0 Å². The van der Waals surface area contributed by atoms with Gasteiger partial charge in [0.25, 0.3) is 0 Å². The number of unbranched alkanes of at least 4 members (excludes halogenated alkanes) is 15. The van der Waals surface area contributed by atoms with E-state index in [0.717, 1.165) is 19.3 Å². The number of aliphatic hydroxyl groups is 6. The van der Waals surface area contributed by atoms with Gasteiger partial charge in [-0.1, -0.05) is 121 Å². The van der Waals surface area contributed by atoms with E-state index in [0.29, 0.717) is 17.9 Å². The second-order valence-electron chi connectivity index (χ2n) is 15.7. The molecule has 0 spiro atoms. The first-order chi connectivity index (χ1) is 27.8. The Morgan fingerprint density at radius 2 is 1.12 bits per heavy atom. The number of aliphatic hydroxyl groups excluding tert-OH is 6. The Balaban J connectivity index is 1.38. The van der Waals surface area contributed by atoms with Crippen LogP contribution in [0, 0.1) is 0 Å². The Kier molecular flexibility index (Phi) is 23.0. The van der Waals surface area contributed by atoms with Gasteiger partial charge < -0.3 is 59.1 Å². The highest BCUT2D eigenvalue weighted by molar-refractivity contribution is 5.90. The van der Waals surface area contributed by atoms with E-state index >= 15 is 0 Å². The van der Waals surface area contributed by atoms with Crippen molar-refractivity contribution in [2.24, 2.45) is 0 Å². The van der Waals surface area contributed by atoms with Gasteiger partial charge in [0.05, 0.1) is 12.2 Å². The molecule has 14 nitrogen and oxygen atoms in total. The number of benzene rings is 1. The molecule has 58 heavy (non-hydrogen) atoms. The molecule has 0 amide bonds. The van der Waals surface area contributed by atoms with E-state index < -0.39 is 86.6 Å². The minimum atomic E-state index is -1.86. The summed E-state index contributed by atoms with van der Waals surface area (Å²) in [4.78, 5) is 25.3. The standard InChI is InChI=1S/C44H70O14/c1-5-6-7-8-9-10-11-12-13-14-15-16-17-18-19-20-24-53-32-23-21-22-31(26-32)42(52)55-28-34-36(46)38(48)40(50)44(57-34)58-43-39(49)37(47)35(45)33(56-43)27-54-41(51)30(4)25-29(2)3/h21-23,25-26,33-40,43-50H,2,5-20,24,27-28H2,1,3-4H3/b30-25+/t33-,34-,35-,36-,37+,38+,39-,40-,43-,44-/m1/s1. The van der Waals surface area contributed by atoms with E-state index in [9.17, 15) is 40.2 Å². The van der Waals surface area contributed by atoms with Gasteiger partial charge in [0.15, 0.2) is 12.6 Å². The van der Waals surface area contributed by atoms with Gasteiger partial charge in [0.1, 0.15) is 67.8 Å². The molecule has 0 aliphatic carbocycles. The van der Waals surface area contributed by atoms with Gasteiger partial charge in [-0.25, -0.2) is 9.59 Å². The zero-order valence-electron chi connectivity index (χ0n) is 34.8. The van der Waals surface area contributed by atoms with Crippen LogP contribution in [0.2, 0.25) is 0 Å². The molecule has 2 aliphatic heterocycles. The number of ether oxygens (including phenoxy) is 6. The third-order valence-electron chi connectivity index (χ3n) is 10.5. The predicted octanol–water partition coefficient (Wildman–Crippen LogP) is 5.18. The van der Waals surface area contributed by atoms with Crippen LogP contribution in [0.3, 0.4) is 0 Å². The molecule has 1 aromatic carbocycles. The maximum Gasteiger partial charge on any atom is 0.338 e. The summed E-state index contributed by atoms with van der Waals surface area (Å²) < 4.78 is 33.2. The molecule has 0 saturated carbocycles. The monoisotopic (exact) mass is 822 g/mol. The molecule has 0 bridgehead atoms. The number of hydrogen-bond acceptors (Lipinski definition) is 14. The fourth-order valence-corrected chi connectivity index (χ4v) is 6.96. The molecule has 14 heteroatoms. The molecular weight excluding hydrogens is 752 g/mol. The first-order valence-electron chi connectivity index (χ1n) is 21.3. The molecule has 2 fully saturated rings. The highest BCUT2D eigenvalue weighted by atomic mass is 16.8. The predicted molar refractivity (Wildman–Crippen MR) is 216 cm³/mol. The fourth-order valence-electron chi connectivity index (χ4n) is 6.96. The summed E-state index contributed by atoms with van der Waals surface area (Å²) in [7, 11) is 0. The summed E-state index contributed by atoms with van der Waals surface area (Å²) in [5, 5.41) is 63.3. The third-order valence-corrected chi connectivity index (χ3v) is 10.5. The maximum absolute atomic E-state index is 13.0. The van der Waals surface area contributed by atoms with Gasteiger partial charge in [0.2, 0.25) is 0 Å². The largest absolute Gasteiger partial charge is 0.494 e.